The Bertz CT molecular complexity index is 798. The summed E-state index contributed by atoms with van der Waals surface area (Å²) in [6.07, 6.45) is 0. The summed E-state index contributed by atoms with van der Waals surface area (Å²) in [5.74, 6) is 0.750. The van der Waals surface area contributed by atoms with Crippen LogP contribution < -0.4 is 9.47 Å². The lowest BCUT2D eigenvalue weighted by Gasteiger charge is -2.21. The summed E-state index contributed by atoms with van der Waals surface area (Å²) in [5.41, 5.74) is 1.70. The molecule has 6 heteroatoms. The lowest BCUT2D eigenvalue weighted by molar-refractivity contribution is 0.0641. The maximum absolute atomic E-state index is 12.4. The first-order valence-corrected chi connectivity index (χ1v) is 7.97. The highest BCUT2D eigenvalue weighted by atomic mass is 79.9. The van der Waals surface area contributed by atoms with E-state index in [0.29, 0.717) is 35.8 Å². The number of carbonyl (C=O) groups excluding carboxylic acids is 2. The molecule has 0 radical (unpaired) electrons. The number of fused-ring (bicyclic) bond motifs is 2. The molecule has 116 valence electrons. The van der Waals surface area contributed by atoms with Crippen LogP contribution in [0.3, 0.4) is 0 Å². The summed E-state index contributed by atoms with van der Waals surface area (Å²) in [4.78, 5) is 26.1. The highest BCUT2D eigenvalue weighted by Crippen LogP contribution is 2.36. The van der Waals surface area contributed by atoms with Gasteiger partial charge in [0.2, 0.25) is 0 Å². The number of carbonyl (C=O) groups is 2. The first-order chi connectivity index (χ1) is 11.1. The van der Waals surface area contributed by atoms with Crippen molar-refractivity contribution in [3.8, 4) is 11.5 Å². The molecule has 0 aromatic heterocycles. The van der Waals surface area contributed by atoms with E-state index in [1.54, 1.807) is 24.3 Å². The van der Waals surface area contributed by atoms with Gasteiger partial charge >= 0.3 is 0 Å². The van der Waals surface area contributed by atoms with Crippen molar-refractivity contribution in [3.63, 3.8) is 0 Å². The molecule has 2 aromatic carbocycles. The molecule has 23 heavy (non-hydrogen) atoms. The fourth-order valence-electron chi connectivity index (χ4n) is 2.78. The van der Waals surface area contributed by atoms with Crippen LogP contribution in [-0.2, 0) is 6.54 Å². The molecule has 2 aromatic rings. The molecule has 2 aliphatic heterocycles. The van der Waals surface area contributed by atoms with Crippen molar-refractivity contribution in [3.05, 3.63) is 57.6 Å². The molecule has 4 rings (SSSR count). The van der Waals surface area contributed by atoms with Gasteiger partial charge in [-0.2, -0.15) is 0 Å². The highest BCUT2D eigenvalue weighted by Gasteiger charge is 2.35. The Kier molecular flexibility index (Phi) is 3.34. The third-order valence-corrected chi connectivity index (χ3v) is 4.66. The Morgan fingerprint density at radius 1 is 0.957 bits per heavy atom. The quantitative estimate of drug-likeness (QED) is 0.759. The summed E-state index contributed by atoms with van der Waals surface area (Å²) < 4.78 is 11.9. The maximum atomic E-state index is 12.4. The number of amides is 2. The van der Waals surface area contributed by atoms with Crippen LogP contribution in [0, 0.1) is 0 Å². The molecular formula is C17H12BrNO4. The van der Waals surface area contributed by atoms with Gasteiger partial charge in [0.1, 0.15) is 13.2 Å². The number of benzene rings is 2. The maximum Gasteiger partial charge on any atom is 0.261 e. The second-order valence-corrected chi connectivity index (χ2v) is 6.18. The molecule has 0 spiro atoms. The standard InChI is InChI=1S/C17H12BrNO4/c18-13-8-15-14(22-5-6-23-15)7-10(13)9-19-16(20)11-3-1-2-4-12(11)17(19)21/h1-4,7-8H,5-6,9H2. The number of imide groups is 1. The SMILES string of the molecule is O=C1c2ccccc2C(=O)N1Cc1cc2c(cc1Br)OCCO2. The van der Waals surface area contributed by atoms with Crippen LogP contribution in [0.15, 0.2) is 40.9 Å². The Morgan fingerprint density at radius 3 is 2.13 bits per heavy atom. The molecule has 2 heterocycles. The first kappa shape index (κ1) is 14.3. The van der Waals surface area contributed by atoms with Crippen molar-refractivity contribution >= 4 is 27.7 Å². The minimum absolute atomic E-state index is 0.184. The number of hydrogen-bond acceptors (Lipinski definition) is 4. The van der Waals surface area contributed by atoms with Gasteiger partial charge in [0, 0.05) is 4.47 Å². The van der Waals surface area contributed by atoms with Crippen LogP contribution in [-0.4, -0.2) is 29.9 Å². The van der Waals surface area contributed by atoms with Crippen LogP contribution in [0.25, 0.3) is 0 Å². The molecular weight excluding hydrogens is 362 g/mol. The number of hydrogen-bond donors (Lipinski definition) is 0. The number of halogens is 1. The average Bonchev–Trinajstić information content (AvgIpc) is 2.81. The van der Waals surface area contributed by atoms with Crippen molar-refractivity contribution in [2.45, 2.75) is 6.54 Å². The fourth-order valence-corrected chi connectivity index (χ4v) is 3.23. The van der Waals surface area contributed by atoms with Gasteiger partial charge in [0.05, 0.1) is 17.7 Å². The Hall–Kier alpha value is -2.34. The summed E-state index contributed by atoms with van der Waals surface area (Å²) >= 11 is 3.47. The van der Waals surface area contributed by atoms with E-state index in [1.165, 1.54) is 4.90 Å². The van der Waals surface area contributed by atoms with Crippen LogP contribution >= 0.6 is 15.9 Å². The summed E-state index contributed by atoms with van der Waals surface area (Å²) in [6, 6.07) is 10.5. The molecule has 0 N–H and O–H groups in total. The van der Waals surface area contributed by atoms with Crippen LogP contribution in [0.4, 0.5) is 0 Å². The van der Waals surface area contributed by atoms with E-state index in [0.717, 1.165) is 10.0 Å². The van der Waals surface area contributed by atoms with Crippen LogP contribution in [0.1, 0.15) is 26.3 Å². The largest absolute Gasteiger partial charge is 0.486 e. The van der Waals surface area contributed by atoms with E-state index in [1.807, 2.05) is 12.1 Å². The smallest absolute Gasteiger partial charge is 0.261 e. The zero-order chi connectivity index (χ0) is 16.0. The monoisotopic (exact) mass is 373 g/mol. The Morgan fingerprint density at radius 2 is 1.52 bits per heavy atom. The summed E-state index contributed by atoms with van der Waals surface area (Å²) in [7, 11) is 0. The van der Waals surface area contributed by atoms with Crippen molar-refractivity contribution in [1.82, 2.24) is 4.90 Å². The van der Waals surface area contributed by atoms with Gasteiger partial charge in [-0.3, -0.25) is 14.5 Å². The molecule has 0 atom stereocenters. The van der Waals surface area contributed by atoms with E-state index in [2.05, 4.69) is 15.9 Å². The van der Waals surface area contributed by atoms with Crippen LogP contribution in [0.2, 0.25) is 0 Å². The summed E-state index contributed by atoms with van der Waals surface area (Å²) in [6.45, 7) is 1.18. The van der Waals surface area contributed by atoms with Crippen molar-refractivity contribution in [2.24, 2.45) is 0 Å². The minimum Gasteiger partial charge on any atom is -0.486 e. The number of nitrogens with zero attached hydrogens (tertiary/aromatic N) is 1. The Labute approximate surface area is 140 Å². The van der Waals surface area contributed by atoms with Gasteiger partial charge < -0.3 is 9.47 Å². The molecule has 0 saturated heterocycles. The molecule has 2 amide bonds. The van der Waals surface area contributed by atoms with E-state index in [4.69, 9.17) is 9.47 Å². The van der Waals surface area contributed by atoms with Crippen molar-refractivity contribution in [2.75, 3.05) is 13.2 Å². The number of ether oxygens (including phenoxy) is 2. The number of rotatable bonds is 2. The van der Waals surface area contributed by atoms with Crippen molar-refractivity contribution < 1.29 is 19.1 Å². The van der Waals surface area contributed by atoms with E-state index in [-0.39, 0.29) is 18.4 Å². The molecule has 0 saturated carbocycles. The lowest BCUT2D eigenvalue weighted by atomic mass is 10.1. The van der Waals surface area contributed by atoms with Gasteiger partial charge in [0.25, 0.3) is 11.8 Å². The third-order valence-electron chi connectivity index (χ3n) is 3.92. The molecule has 5 nitrogen and oxygen atoms in total. The van der Waals surface area contributed by atoms with E-state index in [9.17, 15) is 9.59 Å². The van der Waals surface area contributed by atoms with Gasteiger partial charge in [-0.1, -0.05) is 28.1 Å². The predicted molar refractivity (Wildman–Crippen MR) is 85.8 cm³/mol. The minimum atomic E-state index is -0.271. The normalized spacial score (nSPS) is 15.8. The molecule has 0 aliphatic carbocycles. The van der Waals surface area contributed by atoms with Gasteiger partial charge in [-0.05, 0) is 29.8 Å². The van der Waals surface area contributed by atoms with E-state index >= 15 is 0 Å². The van der Waals surface area contributed by atoms with Gasteiger partial charge in [-0.15, -0.1) is 0 Å². The topological polar surface area (TPSA) is 55.8 Å². The lowest BCUT2D eigenvalue weighted by Crippen LogP contribution is -2.29. The average molecular weight is 374 g/mol. The zero-order valence-corrected chi connectivity index (χ0v) is 13.6. The predicted octanol–water partition coefficient (Wildman–Crippen LogP) is 3.02. The molecule has 0 unspecified atom stereocenters. The summed E-state index contributed by atoms with van der Waals surface area (Å²) in [5, 5.41) is 0. The fraction of sp³-hybridized carbons (Fsp3) is 0.176. The van der Waals surface area contributed by atoms with E-state index < -0.39 is 0 Å². The molecule has 0 fully saturated rings. The molecule has 0 bridgehead atoms. The highest BCUT2D eigenvalue weighted by molar-refractivity contribution is 9.10. The Balaban J connectivity index is 1.67. The third kappa shape index (κ3) is 2.30. The van der Waals surface area contributed by atoms with Crippen molar-refractivity contribution in [1.29, 1.82) is 0 Å². The zero-order valence-electron chi connectivity index (χ0n) is 12.0. The van der Waals surface area contributed by atoms with Crippen LogP contribution in [0.5, 0.6) is 11.5 Å². The second kappa shape index (κ2) is 5.38. The first-order valence-electron chi connectivity index (χ1n) is 7.18. The van der Waals surface area contributed by atoms with Gasteiger partial charge in [-0.25, -0.2) is 0 Å². The van der Waals surface area contributed by atoms with Gasteiger partial charge in [0.15, 0.2) is 11.5 Å². The second-order valence-electron chi connectivity index (χ2n) is 5.33. The molecule has 2 aliphatic rings.